The highest BCUT2D eigenvalue weighted by molar-refractivity contribution is 5.85. The van der Waals surface area contributed by atoms with Crippen molar-refractivity contribution in [2.45, 2.75) is 19.1 Å². The molecule has 1 aromatic heterocycles. The first-order valence-corrected chi connectivity index (χ1v) is 9.27. The number of nitrogens with one attached hydrogen (secondary N) is 3. The first-order chi connectivity index (χ1) is 13.3. The van der Waals surface area contributed by atoms with E-state index in [2.05, 4.69) is 50.0 Å². The number of aromatic nitrogens is 2. The largest absolute Gasteiger partial charge is 0.333 e. The molecule has 3 N–H and O–H groups in total. The van der Waals surface area contributed by atoms with Crippen LogP contribution >= 0.6 is 12.4 Å². The van der Waals surface area contributed by atoms with E-state index in [1.165, 1.54) is 23.3 Å². The molecule has 2 atom stereocenters. The van der Waals surface area contributed by atoms with Crippen molar-refractivity contribution in [2.24, 2.45) is 5.92 Å². The van der Waals surface area contributed by atoms with Crippen molar-refractivity contribution < 1.29 is 4.39 Å². The molecule has 2 unspecified atom stereocenters. The van der Waals surface area contributed by atoms with E-state index in [0.717, 1.165) is 31.7 Å². The van der Waals surface area contributed by atoms with Crippen LogP contribution in [0.5, 0.6) is 0 Å². The molecule has 0 radical (unpaired) electrons. The molecule has 0 amide bonds. The Morgan fingerprint density at radius 2 is 1.89 bits per heavy atom. The Labute approximate surface area is 170 Å². The maximum atomic E-state index is 13.2. The van der Waals surface area contributed by atoms with Crippen molar-refractivity contribution in [3.8, 4) is 0 Å². The molecular formula is C21H25ClFN5. The number of hydrogen-bond acceptors (Lipinski definition) is 4. The molecule has 2 aromatic carbocycles. The number of halogens is 2. The summed E-state index contributed by atoms with van der Waals surface area (Å²) < 4.78 is 15.3. The highest BCUT2D eigenvalue weighted by Crippen LogP contribution is 2.24. The molecule has 28 heavy (non-hydrogen) atoms. The predicted octanol–water partition coefficient (Wildman–Crippen LogP) is 3.05. The predicted molar refractivity (Wildman–Crippen MR) is 110 cm³/mol. The lowest BCUT2D eigenvalue weighted by Crippen LogP contribution is -2.28. The van der Waals surface area contributed by atoms with Crippen LogP contribution < -0.4 is 16.2 Å². The Kier molecular flexibility index (Phi) is 7.17. The minimum atomic E-state index is -0.200. The molecule has 3 aromatic rings. The smallest absolute Gasteiger partial charge is 0.123 e. The van der Waals surface area contributed by atoms with Gasteiger partial charge in [0.15, 0.2) is 0 Å². The van der Waals surface area contributed by atoms with Gasteiger partial charge in [-0.1, -0.05) is 36.4 Å². The standard InChI is InChI=1S/C21H24FN5.ClH/c22-20-7-5-16(6-8-20)21-19(13-25-26-21)12-24-11-17-3-1-2-4-18(17)14-27-10-9-23-15-27;/h1-10,15,19,21,24-26H,11-14H2;1H. The van der Waals surface area contributed by atoms with Crippen LogP contribution in [0.4, 0.5) is 4.39 Å². The number of rotatable bonds is 7. The van der Waals surface area contributed by atoms with E-state index < -0.39 is 0 Å². The van der Waals surface area contributed by atoms with Crippen LogP contribution in [0.1, 0.15) is 22.7 Å². The molecule has 1 saturated heterocycles. The number of hydrogen-bond donors (Lipinski definition) is 3. The van der Waals surface area contributed by atoms with E-state index >= 15 is 0 Å². The summed E-state index contributed by atoms with van der Waals surface area (Å²) in [5, 5.41) is 3.60. The molecule has 0 spiro atoms. The van der Waals surface area contributed by atoms with Crippen LogP contribution in [-0.2, 0) is 13.1 Å². The second kappa shape index (κ2) is 9.80. The van der Waals surface area contributed by atoms with Crippen LogP contribution in [0.25, 0.3) is 0 Å². The van der Waals surface area contributed by atoms with Gasteiger partial charge in [0.05, 0.1) is 12.4 Å². The van der Waals surface area contributed by atoms with Crippen molar-refractivity contribution >= 4 is 12.4 Å². The van der Waals surface area contributed by atoms with Crippen LogP contribution in [0, 0.1) is 11.7 Å². The summed E-state index contributed by atoms with van der Waals surface area (Å²) in [5.41, 5.74) is 10.2. The van der Waals surface area contributed by atoms with Gasteiger partial charge in [-0.25, -0.2) is 14.8 Å². The van der Waals surface area contributed by atoms with Crippen molar-refractivity contribution in [2.75, 3.05) is 13.1 Å². The fourth-order valence-corrected chi connectivity index (χ4v) is 3.60. The average Bonchev–Trinajstić information content (AvgIpc) is 3.36. The summed E-state index contributed by atoms with van der Waals surface area (Å²) >= 11 is 0. The van der Waals surface area contributed by atoms with E-state index in [0.29, 0.717) is 5.92 Å². The fraction of sp³-hybridized carbons (Fsp3) is 0.286. The fourth-order valence-electron chi connectivity index (χ4n) is 3.60. The minimum absolute atomic E-state index is 0. The zero-order valence-corrected chi connectivity index (χ0v) is 16.3. The molecule has 1 aliphatic heterocycles. The Morgan fingerprint density at radius 1 is 1.11 bits per heavy atom. The number of nitrogens with zero attached hydrogens (tertiary/aromatic N) is 2. The molecule has 2 heterocycles. The molecular weight excluding hydrogens is 377 g/mol. The molecule has 4 rings (SSSR count). The van der Waals surface area contributed by atoms with E-state index in [9.17, 15) is 4.39 Å². The number of hydrazine groups is 1. The minimum Gasteiger partial charge on any atom is -0.333 e. The Hall–Kier alpha value is -2.25. The third kappa shape index (κ3) is 4.97. The molecule has 5 nitrogen and oxygen atoms in total. The summed E-state index contributed by atoms with van der Waals surface area (Å²) in [5.74, 6) is 0.199. The monoisotopic (exact) mass is 401 g/mol. The average molecular weight is 402 g/mol. The molecule has 0 aliphatic carbocycles. The van der Waals surface area contributed by atoms with Crippen LogP contribution in [-0.4, -0.2) is 22.6 Å². The normalized spacial score (nSPS) is 18.8. The van der Waals surface area contributed by atoms with Crippen LogP contribution in [0.2, 0.25) is 0 Å². The molecule has 0 bridgehead atoms. The Morgan fingerprint density at radius 3 is 2.64 bits per heavy atom. The molecule has 148 valence electrons. The van der Waals surface area contributed by atoms with Gasteiger partial charge in [-0.3, -0.25) is 5.43 Å². The van der Waals surface area contributed by atoms with Gasteiger partial charge >= 0.3 is 0 Å². The SMILES string of the molecule is Cl.Fc1ccc(C2NNCC2CNCc2ccccc2Cn2ccnc2)cc1. The van der Waals surface area contributed by atoms with Gasteiger partial charge in [-0.2, -0.15) is 0 Å². The molecule has 0 saturated carbocycles. The highest BCUT2D eigenvalue weighted by Gasteiger charge is 2.27. The van der Waals surface area contributed by atoms with Crippen molar-refractivity contribution in [3.63, 3.8) is 0 Å². The summed E-state index contributed by atoms with van der Waals surface area (Å²) in [4.78, 5) is 4.11. The van der Waals surface area contributed by atoms with E-state index in [4.69, 9.17) is 0 Å². The second-order valence-electron chi connectivity index (χ2n) is 6.95. The Balaban J connectivity index is 0.00000225. The molecule has 7 heteroatoms. The van der Waals surface area contributed by atoms with Crippen LogP contribution in [0.3, 0.4) is 0 Å². The lowest BCUT2D eigenvalue weighted by Gasteiger charge is -2.20. The Bertz CT molecular complexity index is 853. The third-order valence-electron chi connectivity index (χ3n) is 5.07. The topological polar surface area (TPSA) is 53.9 Å². The van der Waals surface area contributed by atoms with Crippen molar-refractivity contribution in [1.82, 2.24) is 25.7 Å². The zero-order valence-electron chi connectivity index (χ0n) is 15.5. The lowest BCUT2D eigenvalue weighted by atomic mass is 9.94. The maximum Gasteiger partial charge on any atom is 0.123 e. The molecule has 1 fully saturated rings. The van der Waals surface area contributed by atoms with Crippen LogP contribution in [0.15, 0.2) is 67.3 Å². The van der Waals surface area contributed by atoms with Crippen molar-refractivity contribution in [3.05, 3.63) is 89.8 Å². The van der Waals surface area contributed by atoms with E-state index in [1.807, 2.05) is 24.7 Å². The van der Waals surface area contributed by atoms with E-state index in [-0.39, 0.29) is 24.3 Å². The number of imidazole rings is 1. The number of benzene rings is 2. The summed E-state index contributed by atoms with van der Waals surface area (Å²) in [6.45, 7) is 3.40. The van der Waals surface area contributed by atoms with E-state index in [1.54, 1.807) is 6.20 Å². The zero-order chi connectivity index (χ0) is 18.5. The lowest BCUT2D eigenvalue weighted by molar-refractivity contribution is 0.440. The molecule has 1 aliphatic rings. The summed E-state index contributed by atoms with van der Waals surface area (Å²) in [6.07, 6.45) is 5.62. The van der Waals surface area contributed by atoms with Gasteiger partial charge in [0.25, 0.3) is 0 Å². The van der Waals surface area contributed by atoms with Gasteiger partial charge in [0.1, 0.15) is 5.82 Å². The highest BCUT2D eigenvalue weighted by atomic mass is 35.5. The van der Waals surface area contributed by atoms with Gasteiger partial charge < -0.3 is 9.88 Å². The third-order valence-corrected chi connectivity index (χ3v) is 5.07. The summed E-state index contributed by atoms with van der Waals surface area (Å²) in [7, 11) is 0. The van der Waals surface area contributed by atoms with Gasteiger partial charge in [0, 0.05) is 44.5 Å². The first-order valence-electron chi connectivity index (χ1n) is 9.27. The quantitative estimate of drug-likeness (QED) is 0.569. The van der Waals surface area contributed by atoms with Gasteiger partial charge in [-0.15, -0.1) is 12.4 Å². The van der Waals surface area contributed by atoms with Gasteiger partial charge in [0.2, 0.25) is 0 Å². The maximum absolute atomic E-state index is 13.2. The first kappa shape index (κ1) is 20.5. The summed E-state index contributed by atoms with van der Waals surface area (Å²) in [6, 6.07) is 15.4. The van der Waals surface area contributed by atoms with Gasteiger partial charge in [-0.05, 0) is 28.8 Å². The second-order valence-corrected chi connectivity index (χ2v) is 6.95. The van der Waals surface area contributed by atoms with Crippen molar-refractivity contribution in [1.29, 1.82) is 0 Å².